The molecule has 6 aromatic carbocycles. The van der Waals surface area contributed by atoms with Crippen molar-refractivity contribution >= 4 is 58.0 Å². The summed E-state index contributed by atoms with van der Waals surface area (Å²) >= 11 is 0. The Hall–Kier alpha value is -9.98. The van der Waals surface area contributed by atoms with Gasteiger partial charge in [-0.2, -0.15) is 10.2 Å². The van der Waals surface area contributed by atoms with Crippen molar-refractivity contribution in [3.05, 3.63) is 168 Å². The van der Waals surface area contributed by atoms with Gasteiger partial charge < -0.3 is 60.3 Å². The third-order valence-corrected chi connectivity index (χ3v) is 10.8. The molecule has 0 spiro atoms. The molecule has 6 amide bonds. The van der Waals surface area contributed by atoms with Gasteiger partial charge in [0.1, 0.15) is 0 Å². The fourth-order valence-corrected chi connectivity index (χ4v) is 7.38. The number of aryl methyl sites for hydroxylation is 2. The number of hydrogen-bond acceptors (Lipinski definition) is 12. The van der Waals surface area contributed by atoms with Gasteiger partial charge in [-0.25, -0.2) is 19.0 Å². The lowest BCUT2D eigenvalue weighted by molar-refractivity contribution is 0.101. The van der Waals surface area contributed by atoms with Gasteiger partial charge in [-0.3, -0.25) is 9.59 Å². The van der Waals surface area contributed by atoms with Gasteiger partial charge >= 0.3 is 12.1 Å². The Morgan fingerprint density at radius 1 is 0.392 bits per heavy atom. The van der Waals surface area contributed by atoms with Crippen LogP contribution >= 0.6 is 0 Å². The minimum Gasteiger partial charge on any atom is -0.493 e. The number of carbonyl (C=O) groups excluding carboxylic acids is 4. The second-order valence-electron chi connectivity index (χ2n) is 16.1. The van der Waals surface area contributed by atoms with E-state index < -0.39 is 0 Å². The molecule has 20 nitrogen and oxygen atoms in total. The van der Waals surface area contributed by atoms with E-state index in [0.717, 1.165) is 11.1 Å². The van der Waals surface area contributed by atoms with Crippen LogP contribution in [0.5, 0.6) is 34.5 Å². The fraction of sp³-hybridized carbons (Fsp3) is 0.148. The van der Waals surface area contributed by atoms with Crippen molar-refractivity contribution < 1.29 is 47.6 Å². The van der Waals surface area contributed by atoms with Crippen LogP contribution in [-0.2, 0) is 0 Å². The van der Waals surface area contributed by atoms with Crippen LogP contribution in [0.2, 0.25) is 0 Å². The predicted octanol–water partition coefficient (Wildman–Crippen LogP) is 10.2. The largest absolute Gasteiger partial charge is 0.493 e. The van der Waals surface area contributed by atoms with Gasteiger partial charge in [-0.05, 0) is 85.6 Å². The summed E-state index contributed by atoms with van der Waals surface area (Å²) in [5, 5.41) is 25.4. The van der Waals surface area contributed by atoms with Gasteiger partial charge in [0.15, 0.2) is 23.0 Å². The van der Waals surface area contributed by atoms with Crippen molar-refractivity contribution in [2.75, 3.05) is 74.6 Å². The van der Waals surface area contributed by atoms with E-state index in [1.165, 1.54) is 55.1 Å². The average Bonchev–Trinajstić information content (AvgIpc) is 4.08. The van der Waals surface area contributed by atoms with Crippen LogP contribution in [0.3, 0.4) is 0 Å². The highest BCUT2D eigenvalue weighted by atomic mass is 16.5. The number of carbonyl (C=O) groups is 4. The molecule has 2 aromatic heterocycles. The van der Waals surface area contributed by atoms with Gasteiger partial charge in [-0.1, -0.05) is 36.4 Å². The Bertz CT molecular complexity index is 3030. The van der Waals surface area contributed by atoms with Crippen LogP contribution in [0.25, 0.3) is 11.4 Å². The van der Waals surface area contributed by atoms with Crippen molar-refractivity contribution in [3.8, 4) is 45.9 Å². The minimum absolute atomic E-state index is 0.334. The van der Waals surface area contributed by atoms with Crippen molar-refractivity contribution in [1.82, 2.24) is 19.6 Å². The molecule has 74 heavy (non-hydrogen) atoms. The number of hydrogen-bond donors (Lipinski definition) is 6. The van der Waals surface area contributed by atoms with Crippen molar-refractivity contribution in [3.63, 3.8) is 0 Å². The first-order chi connectivity index (χ1) is 35.8. The van der Waals surface area contributed by atoms with Gasteiger partial charge in [-0.15, -0.1) is 0 Å². The molecule has 0 atom stereocenters. The third kappa shape index (κ3) is 13.2. The lowest BCUT2D eigenvalue weighted by Crippen LogP contribution is -2.19. The summed E-state index contributed by atoms with van der Waals surface area (Å²) in [5.74, 6) is 1.89. The number of amides is 6. The zero-order chi connectivity index (χ0) is 52.7. The molecule has 6 N–H and O–H groups in total. The normalized spacial score (nSPS) is 10.4. The van der Waals surface area contributed by atoms with E-state index in [1.54, 1.807) is 94.6 Å². The van der Waals surface area contributed by atoms with E-state index >= 15 is 0 Å². The topological polar surface area (TPSA) is 231 Å². The number of methoxy groups -OCH3 is 6. The summed E-state index contributed by atoms with van der Waals surface area (Å²) in [6.45, 7) is 3.90. The number of nitrogens with zero attached hydrogens (tertiary/aromatic N) is 4. The van der Waals surface area contributed by atoms with Gasteiger partial charge in [0.25, 0.3) is 11.8 Å². The predicted molar refractivity (Wildman–Crippen MR) is 283 cm³/mol. The van der Waals surface area contributed by atoms with Gasteiger partial charge in [0.2, 0.25) is 11.5 Å². The summed E-state index contributed by atoms with van der Waals surface area (Å²) in [5.41, 5.74) is 7.53. The number of anilines is 6. The zero-order valence-electron chi connectivity index (χ0n) is 41.7. The molecule has 0 bridgehead atoms. The number of nitrogens with one attached hydrogen (secondary N) is 6. The summed E-state index contributed by atoms with van der Waals surface area (Å²) in [6, 6.07) is 34.7. The van der Waals surface area contributed by atoms with Crippen LogP contribution in [0.15, 0.2) is 146 Å². The third-order valence-electron chi connectivity index (χ3n) is 10.8. The first-order valence-corrected chi connectivity index (χ1v) is 22.6. The lowest BCUT2D eigenvalue weighted by atomic mass is 10.1. The second kappa shape index (κ2) is 24.2. The summed E-state index contributed by atoms with van der Waals surface area (Å²) in [6.07, 6.45) is 6.37. The molecule has 0 saturated carbocycles. The van der Waals surface area contributed by atoms with Crippen LogP contribution in [-0.4, -0.2) is 86.1 Å². The highest BCUT2D eigenvalue weighted by molar-refractivity contribution is 6.06. The van der Waals surface area contributed by atoms with Gasteiger partial charge in [0, 0.05) is 58.1 Å². The van der Waals surface area contributed by atoms with E-state index in [-0.39, 0.29) is 23.9 Å². The van der Waals surface area contributed by atoms with Crippen molar-refractivity contribution in [2.24, 2.45) is 0 Å². The minimum atomic E-state index is -0.386. The Kier molecular flexibility index (Phi) is 17.0. The highest BCUT2D eigenvalue weighted by Crippen LogP contribution is 2.41. The van der Waals surface area contributed by atoms with Crippen LogP contribution in [0.1, 0.15) is 31.8 Å². The molecule has 0 saturated heterocycles. The molecular weight excluding hydrogens is 949 g/mol. The molecule has 380 valence electrons. The Balaban J connectivity index is 0.000000216. The number of benzene rings is 6. The quantitative estimate of drug-likeness (QED) is 0.0531. The van der Waals surface area contributed by atoms with Crippen LogP contribution < -0.4 is 60.3 Å². The summed E-state index contributed by atoms with van der Waals surface area (Å²) in [4.78, 5) is 50.7. The average molecular weight is 1000 g/mol. The highest BCUT2D eigenvalue weighted by Gasteiger charge is 2.18. The van der Waals surface area contributed by atoms with E-state index in [2.05, 4.69) is 42.1 Å². The van der Waals surface area contributed by atoms with E-state index in [4.69, 9.17) is 28.4 Å². The number of rotatable bonds is 16. The molecule has 8 rings (SSSR count). The Morgan fingerprint density at radius 3 is 1.08 bits per heavy atom. The second-order valence-corrected chi connectivity index (χ2v) is 16.1. The molecule has 0 fully saturated rings. The number of urea groups is 2. The summed E-state index contributed by atoms with van der Waals surface area (Å²) < 4.78 is 35.2. The fourth-order valence-electron chi connectivity index (χ4n) is 7.38. The maximum atomic E-state index is 13.0. The molecular formula is C54H54N10O10. The van der Waals surface area contributed by atoms with Crippen molar-refractivity contribution in [2.45, 2.75) is 13.8 Å². The van der Waals surface area contributed by atoms with Gasteiger partial charge in [0.05, 0.1) is 90.2 Å². The number of ether oxygens (including phenoxy) is 6. The van der Waals surface area contributed by atoms with E-state index in [1.807, 2.05) is 62.4 Å². The smallest absolute Gasteiger partial charge is 0.323 e. The number of aromatic nitrogens is 4. The van der Waals surface area contributed by atoms with E-state index in [0.29, 0.717) is 91.1 Å². The standard InChI is InChI=1S/2C27H27N5O5/c2*1-17-7-5-9-19(11-17)30-27(34)31-21-15-28-32(16-21)22-10-6-8-18(12-22)26(33)29-20-13-23(35-2)25(37-4)24(14-20)36-3/h2*5-16H,1-4H3,(H,29,33)(H2,30,31,34). The molecule has 0 aliphatic carbocycles. The maximum Gasteiger partial charge on any atom is 0.323 e. The molecule has 20 heteroatoms. The molecule has 2 heterocycles. The molecule has 0 aliphatic heterocycles. The Labute approximate surface area is 426 Å². The first-order valence-electron chi connectivity index (χ1n) is 22.6. The Morgan fingerprint density at radius 2 is 0.743 bits per heavy atom. The molecule has 0 aliphatic rings. The van der Waals surface area contributed by atoms with Crippen LogP contribution in [0, 0.1) is 13.8 Å². The molecule has 0 unspecified atom stereocenters. The van der Waals surface area contributed by atoms with E-state index in [9.17, 15) is 19.2 Å². The summed E-state index contributed by atoms with van der Waals surface area (Å²) in [7, 11) is 9.04. The first kappa shape index (κ1) is 51.9. The lowest BCUT2D eigenvalue weighted by Gasteiger charge is -2.14. The maximum absolute atomic E-state index is 13.0. The molecule has 0 radical (unpaired) electrons. The SMILES string of the molecule is COc1cc(NC(=O)c2cccc(-n3cc(NC(=O)Nc4cccc(C)c4)cn3)c2)cc(OC)c1OC.COc1cc(NC(=O)c2cccc(-n3cc(NC(=O)Nc4cccc(C)c4)cn3)c2)cc(OC)c1OC. The monoisotopic (exact) mass is 1000 g/mol. The zero-order valence-corrected chi connectivity index (χ0v) is 41.7. The van der Waals surface area contributed by atoms with Crippen LogP contribution in [0.4, 0.5) is 43.7 Å². The van der Waals surface area contributed by atoms with Crippen molar-refractivity contribution in [1.29, 1.82) is 0 Å². The molecule has 8 aromatic rings.